The van der Waals surface area contributed by atoms with Crippen molar-refractivity contribution in [2.24, 2.45) is 5.92 Å². The largest absolute Gasteiger partial charge is 0.466 e. The number of aryl methyl sites for hydroxylation is 1. The van der Waals surface area contributed by atoms with E-state index in [0.29, 0.717) is 32.1 Å². The minimum atomic E-state index is -0.260. The molecule has 8 heteroatoms. The van der Waals surface area contributed by atoms with Crippen LogP contribution >= 0.6 is 0 Å². The highest BCUT2D eigenvalue weighted by atomic mass is 16.5. The van der Waals surface area contributed by atoms with Crippen molar-refractivity contribution in [1.82, 2.24) is 14.5 Å². The van der Waals surface area contributed by atoms with E-state index in [0.717, 1.165) is 49.8 Å². The van der Waals surface area contributed by atoms with Gasteiger partial charge in [0.25, 0.3) is 5.56 Å². The Kier molecular flexibility index (Phi) is 6.53. The summed E-state index contributed by atoms with van der Waals surface area (Å²) in [7, 11) is 0. The molecular formula is C23H30N4O4. The van der Waals surface area contributed by atoms with Crippen LogP contribution in [0.15, 0.2) is 29.1 Å². The fourth-order valence-corrected chi connectivity index (χ4v) is 4.56. The molecule has 2 saturated heterocycles. The number of rotatable bonds is 6. The molecule has 1 aromatic heterocycles. The molecule has 0 saturated carbocycles. The number of carbonyl (C=O) groups is 2. The average Bonchev–Trinajstić information content (AvgIpc) is 3.33. The van der Waals surface area contributed by atoms with Crippen molar-refractivity contribution in [3.8, 4) is 0 Å². The van der Waals surface area contributed by atoms with Crippen LogP contribution < -0.4 is 10.5 Å². The van der Waals surface area contributed by atoms with Crippen LogP contribution in [0, 0.1) is 5.92 Å². The first-order valence-corrected chi connectivity index (χ1v) is 11.3. The van der Waals surface area contributed by atoms with Crippen molar-refractivity contribution in [3.63, 3.8) is 0 Å². The van der Waals surface area contributed by atoms with Crippen molar-refractivity contribution < 1.29 is 14.3 Å². The van der Waals surface area contributed by atoms with Gasteiger partial charge in [0.1, 0.15) is 0 Å². The van der Waals surface area contributed by atoms with Gasteiger partial charge in [0.2, 0.25) is 5.91 Å². The maximum Gasteiger partial charge on any atom is 0.310 e. The zero-order chi connectivity index (χ0) is 21.8. The number of benzene rings is 1. The Morgan fingerprint density at radius 2 is 1.90 bits per heavy atom. The number of para-hydroxylation sites is 2. The smallest absolute Gasteiger partial charge is 0.310 e. The topological polar surface area (TPSA) is 84.7 Å². The van der Waals surface area contributed by atoms with Gasteiger partial charge in [-0.3, -0.25) is 14.4 Å². The van der Waals surface area contributed by atoms with E-state index in [1.807, 2.05) is 29.2 Å². The normalized spacial score (nSPS) is 19.1. The number of fused-ring (bicyclic) bond motifs is 1. The number of piperidine rings is 1. The van der Waals surface area contributed by atoms with E-state index in [4.69, 9.17) is 4.74 Å². The van der Waals surface area contributed by atoms with Gasteiger partial charge in [0.05, 0.1) is 23.6 Å². The van der Waals surface area contributed by atoms with Gasteiger partial charge in [-0.2, -0.15) is 0 Å². The number of hydrogen-bond acceptors (Lipinski definition) is 6. The molecule has 2 fully saturated rings. The molecule has 0 aliphatic carbocycles. The molecule has 3 heterocycles. The van der Waals surface area contributed by atoms with E-state index < -0.39 is 0 Å². The maximum atomic E-state index is 13.2. The first-order chi connectivity index (χ1) is 15.1. The SMILES string of the molecule is CCOC(=O)C1CCCN(C(=O)CCn2c(=O)c(N3CCCC3)nc3ccccc32)C1. The molecule has 166 valence electrons. The van der Waals surface area contributed by atoms with Crippen LogP contribution in [-0.4, -0.2) is 59.1 Å². The summed E-state index contributed by atoms with van der Waals surface area (Å²) >= 11 is 0. The first-order valence-electron chi connectivity index (χ1n) is 11.3. The lowest BCUT2D eigenvalue weighted by molar-refractivity contribution is -0.151. The number of anilines is 1. The fourth-order valence-electron chi connectivity index (χ4n) is 4.56. The zero-order valence-electron chi connectivity index (χ0n) is 18.1. The summed E-state index contributed by atoms with van der Waals surface area (Å²) in [5.41, 5.74) is 1.36. The third-order valence-corrected chi connectivity index (χ3v) is 6.18. The molecule has 2 aliphatic rings. The molecule has 1 unspecified atom stereocenters. The van der Waals surface area contributed by atoms with Gasteiger partial charge in [-0.25, -0.2) is 4.98 Å². The lowest BCUT2D eigenvalue weighted by Gasteiger charge is -2.31. The monoisotopic (exact) mass is 426 g/mol. The Balaban J connectivity index is 1.52. The molecule has 31 heavy (non-hydrogen) atoms. The Labute approximate surface area is 181 Å². The third kappa shape index (κ3) is 4.57. The number of ether oxygens (including phenoxy) is 1. The van der Waals surface area contributed by atoms with Gasteiger partial charge >= 0.3 is 5.97 Å². The van der Waals surface area contributed by atoms with Gasteiger partial charge in [-0.1, -0.05) is 12.1 Å². The second kappa shape index (κ2) is 9.49. The fraction of sp³-hybridized carbons (Fsp3) is 0.565. The third-order valence-electron chi connectivity index (χ3n) is 6.18. The first kappa shape index (κ1) is 21.3. The molecule has 1 aromatic carbocycles. The van der Waals surface area contributed by atoms with Crippen LogP contribution in [0.2, 0.25) is 0 Å². The minimum absolute atomic E-state index is 0.0375. The molecule has 0 bridgehead atoms. The zero-order valence-corrected chi connectivity index (χ0v) is 18.1. The summed E-state index contributed by atoms with van der Waals surface area (Å²) in [6, 6.07) is 7.57. The van der Waals surface area contributed by atoms with Crippen molar-refractivity contribution in [2.45, 2.75) is 45.6 Å². The van der Waals surface area contributed by atoms with Crippen LogP contribution in [0.25, 0.3) is 11.0 Å². The second-order valence-electron chi connectivity index (χ2n) is 8.26. The predicted octanol–water partition coefficient (Wildman–Crippen LogP) is 2.19. The number of aromatic nitrogens is 2. The van der Waals surface area contributed by atoms with Gasteiger partial charge in [-0.05, 0) is 44.7 Å². The highest BCUT2D eigenvalue weighted by Gasteiger charge is 2.29. The Morgan fingerprint density at radius 3 is 2.68 bits per heavy atom. The quantitative estimate of drug-likeness (QED) is 0.659. The number of nitrogens with zero attached hydrogens (tertiary/aromatic N) is 4. The van der Waals surface area contributed by atoms with Gasteiger partial charge in [0.15, 0.2) is 5.82 Å². The van der Waals surface area contributed by atoms with Gasteiger partial charge in [-0.15, -0.1) is 0 Å². The highest BCUT2D eigenvalue weighted by Crippen LogP contribution is 2.21. The molecule has 0 N–H and O–H groups in total. The summed E-state index contributed by atoms with van der Waals surface area (Å²) < 4.78 is 6.81. The van der Waals surface area contributed by atoms with Gasteiger partial charge < -0.3 is 19.1 Å². The number of amides is 1. The number of esters is 1. The standard InChI is InChI=1S/C23H30N4O4/c1-2-31-23(30)17-8-7-14-26(16-17)20(28)11-15-27-19-10-4-3-9-18(19)24-21(22(27)29)25-12-5-6-13-25/h3-4,9-10,17H,2,5-8,11-16H2,1H3. The van der Waals surface area contributed by atoms with Crippen molar-refractivity contribution in [2.75, 3.05) is 37.7 Å². The Hall–Kier alpha value is -2.90. The summed E-state index contributed by atoms with van der Waals surface area (Å²) in [4.78, 5) is 46.7. The average molecular weight is 427 g/mol. The summed E-state index contributed by atoms with van der Waals surface area (Å²) in [6.45, 7) is 5.13. The van der Waals surface area contributed by atoms with Crippen LogP contribution in [0.4, 0.5) is 5.82 Å². The van der Waals surface area contributed by atoms with E-state index in [-0.39, 0.29) is 29.8 Å². The van der Waals surface area contributed by atoms with Crippen molar-refractivity contribution >= 4 is 28.7 Å². The number of hydrogen-bond donors (Lipinski definition) is 0. The van der Waals surface area contributed by atoms with Gasteiger partial charge in [0, 0.05) is 39.1 Å². The molecule has 0 radical (unpaired) electrons. The number of likely N-dealkylation sites (tertiary alicyclic amines) is 1. The summed E-state index contributed by atoms with van der Waals surface area (Å²) in [5, 5.41) is 0. The van der Waals surface area contributed by atoms with Crippen LogP contribution in [0.5, 0.6) is 0 Å². The van der Waals surface area contributed by atoms with E-state index in [1.165, 1.54) is 0 Å². The molecule has 0 spiro atoms. The molecular weight excluding hydrogens is 396 g/mol. The molecule has 4 rings (SSSR count). The van der Waals surface area contributed by atoms with E-state index in [9.17, 15) is 14.4 Å². The Bertz CT molecular complexity index is 1010. The highest BCUT2D eigenvalue weighted by molar-refractivity contribution is 5.79. The Morgan fingerprint density at radius 1 is 1.13 bits per heavy atom. The minimum Gasteiger partial charge on any atom is -0.466 e. The lowest BCUT2D eigenvalue weighted by Crippen LogP contribution is -2.43. The molecule has 1 amide bonds. The maximum absolute atomic E-state index is 13.2. The van der Waals surface area contributed by atoms with Crippen molar-refractivity contribution in [3.05, 3.63) is 34.6 Å². The summed E-state index contributed by atoms with van der Waals surface area (Å²) in [5.74, 6) is -0.0518. The predicted molar refractivity (Wildman–Crippen MR) is 118 cm³/mol. The van der Waals surface area contributed by atoms with Crippen LogP contribution in [-0.2, 0) is 20.9 Å². The molecule has 2 aliphatic heterocycles. The molecule has 8 nitrogen and oxygen atoms in total. The number of carbonyl (C=O) groups excluding carboxylic acids is 2. The van der Waals surface area contributed by atoms with E-state index in [1.54, 1.807) is 16.4 Å². The van der Waals surface area contributed by atoms with Crippen LogP contribution in [0.3, 0.4) is 0 Å². The van der Waals surface area contributed by atoms with Crippen LogP contribution in [0.1, 0.15) is 39.0 Å². The van der Waals surface area contributed by atoms with Crippen molar-refractivity contribution in [1.29, 1.82) is 0 Å². The lowest BCUT2D eigenvalue weighted by atomic mass is 9.98. The summed E-state index contributed by atoms with van der Waals surface area (Å²) in [6.07, 6.45) is 3.86. The molecule has 2 aromatic rings. The van der Waals surface area contributed by atoms with E-state index in [2.05, 4.69) is 4.98 Å². The second-order valence-corrected chi connectivity index (χ2v) is 8.26. The molecule has 1 atom stereocenters. The van der Waals surface area contributed by atoms with E-state index >= 15 is 0 Å².